The molecule has 1 aromatic carbocycles. The van der Waals surface area contributed by atoms with Crippen LogP contribution in [-0.2, 0) is 0 Å². The molecule has 0 saturated carbocycles. The van der Waals surface area contributed by atoms with Crippen LogP contribution < -0.4 is 11.1 Å². The predicted octanol–water partition coefficient (Wildman–Crippen LogP) is 2.73. The van der Waals surface area contributed by atoms with Crippen molar-refractivity contribution in [3.63, 3.8) is 0 Å². The van der Waals surface area contributed by atoms with E-state index in [0.29, 0.717) is 0 Å². The Bertz CT molecular complexity index is 209. The van der Waals surface area contributed by atoms with Crippen LogP contribution in [0, 0.1) is 0 Å². The van der Waals surface area contributed by atoms with Gasteiger partial charge in [0.05, 0.1) is 11.4 Å². The van der Waals surface area contributed by atoms with Crippen molar-refractivity contribution in [1.82, 2.24) is 0 Å². The molecule has 0 atom stereocenters. The maximum Gasteiger partial charge on any atom is 0.0571 e. The van der Waals surface area contributed by atoms with Gasteiger partial charge in [-0.25, -0.2) is 0 Å². The first-order valence-corrected chi connectivity index (χ1v) is 4.28. The first kappa shape index (κ1) is 10.8. The molecule has 0 spiro atoms. The lowest BCUT2D eigenvalue weighted by Gasteiger charge is -2.01. The lowest BCUT2D eigenvalue weighted by Crippen LogP contribution is -1.93. The second-order valence-corrected chi connectivity index (χ2v) is 2.54. The van der Waals surface area contributed by atoms with Gasteiger partial charge < -0.3 is 11.1 Å². The molecule has 0 saturated heterocycles. The van der Waals surface area contributed by atoms with E-state index in [4.69, 9.17) is 5.73 Å². The van der Waals surface area contributed by atoms with E-state index in [-0.39, 0.29) is 0 Å². The highest BCUT2D eigenvalue weighted by molar-refractivity contribution is 5.65. The molecule has 0 bridgehead atoms. The highest BCUT2D eigenvalue weighted by atomic mass is 14.8. The highest BCUT2D eigenvalue weighted by Crippen LogP contribution is 2.14. The molecule has 2 heteroatoms. The molecular formula is C10H18N2. The van der Waals surface area contributed by atoms with E-state index in [0.717, 1.165) is 11.4 Å². The van der Waals surface area contributed by atoms with Crippen molar-refractivity contribution in [3.05, 3.63) is 24.3 Å². The zero-order chi connectivity index (χ0) is 9.40. The number of benzene rings is 1. The summed E-state index contributed by atoms with van der Waals surface area (Å²) in [6, 6.07) is 7.67. The number of nitrogen functional groups attached to an aromatic ring is 1. The summed E-state index contributed by atoms with van der Waals surface area (Å²) in [4.78, 5) is 0. The van der Waals surface area contributed by atoms with Gasteiger partial charge in [0.25, 0.3) is 0 Å². The molecule has 0 aromatic heterocycles. The van der Waals surface area contributed by atoms with Crippen LogP contribution in [-0.4, -0.2) is 7.05 Å². The second kappa shape index (κ2) is 6.53. The Morgan fingerprint density at radius 2 is 1.75 bits per heavy atom. The third-order valence-corrected chi connectivity index (χ3v) is 1.23. The highest BCUT2D eigenvalue weighted by Gasteiger charge is 1.89. The number of rotatable bonds is 1. The lowest BCUT2D eigenvalue weighted by molar-refractivity contribution is 1.09. The molecule has 0 amide bonds. The smallest absolute Gasteiger partial charge is 0.0571 e. The molecule has 3 N–H and O–H groups in total. The largest absolute Gasteiger partial charge is 0.397 e. The Kier molecular flexibility index (Phi) is 5.88. The first-order chi connectivity index (χ1) is 5.76. The number of hydrogen-bond acceptors (Lipinski definition) is 2. The lowest BCUT2D eigenvalue weighted by atomic mass is 10.3. The molecule has 12 heavy (non-hydrogen) atoms. The SMILES string of the molecule is CCC.CNc1ccccc1N. The summed E-state index contributed by atoms with van der Waals surface area (Å²) in [7, 11) is 1.85. The number of para-hydroxylation sites is 2. The Morgan fingerprint density at radius 1 is 1.25 bits per heavy atom. The monoisotopic (exact) mass is 166 g/mol. The van der Waals surface area contributed by atoms with Crippen molar-refractivity contribution in [2.45, 2.75) is 20.3 Å². The maximum absolute atomic E-state index is 5.57. The minimum atomic E-state index is 0.792. The molecule has 0 aliphatic heterocycles. The topological polar surface area (TPSA) is 38.0 Å². The van der Waals surface area contributed by atoms with Crippen molar-refractivity contribution < 1.29 is 0 Å². The van der Waals surface area contributed by atoms with Crippen LogP contribution in [0.5, 0.6) is 0 Å². The van der Waals surface area contributed by atoms with E-state index in [1.807, 2.05) is 31.3 Å². The predicted molar refractivity (Wildman–Crippen MR) is 56.4 cm³/mol. The molecule has 0 unspecified atom stereocenters. The van der Waals surface area contributed by atoms with Gasteiger partial charge >= 0.3 is 0 Å². The molecule has 0 fully saturated rings. The second-order valence-electron chi connectivity index (χ2n) is 2.54. The third kappa shape index (κ3) is 3.86. The minimum Gasteiger partial charge on any atom is -0.397 e. The zero-order valence-electron chi connectivity index (χ0n) is 8.09. The van der Waals surface area contributed by atoms with E-state index >= 15 is 0 Å². The molecule has 1 aromatic rings. The van der Waals surface area contributed by atoms with Crippen molar-refractivity contribution in [2.75, 3.05) is 18.1 Å². The van der Waals surface area contributed by atoms with Gasteiger partial charge in [-0.2, -0.15) is 0 Å². The third-order valence-electron chi connectivity index (χ3n) is 1.23. The average molecular weight is 166 g/mol. The van der Waals surface area contributed by atoms with Gasteiger partial charge in [0.2, 0.25) is 0 Å². The first-order valence-electron chi connectivity index (χ1n) is 4.28. The van der Waals surface area contributed by atoms with Crippen molar-refractivity contribution in [1.29, 1.82) is 0 Å². The van der Waals surface area contributed by atoms with Gasteiger partial charge in [-0.1, -0.05) is 32.4 Å². The molecule has 2 nitrogen and oxygen atoms in total. The Labute approximate surface area is 74.8 Å². The summed E-state index contributed by atoms with van der Waals surface area (Å²) in [5, 5.41) is 2.97. The standard InChI is InChI=1S/C7H10N2.C3H8/c1-9-7-5-3-2-4-6(7)8;1-3-2/h2-5,9H,8H2,1H3;3H2,1-2H3. The summed E-state index contributed by atoms with van der Waals surface area (Å²) < 4.78 is 0. The number of nitrogens with two attached hydrogens (primary N) is 1. The molecular weight excluding hydrogens is 148 g/mol. The van der Waals surface area contributed by atoms with Gasteiger partial charge in [0.15, 0.2) is 0 Å². The van der Waals surface area contributed by atoms with Crippen LogP contribution in [0.1, 0.15) is 20.3 Å². The Morgan fingerprint density at radius 3 is 2.08 bits per heavy atom. The minimum absolute atomic E-state index is 0.792. The van der Waals surface area contributed by atoms with Crippen molar-refractivity contribution in [3.8, 4) is 0 Å². The van der Waals surface area contributed by atoms with Crippen LogP contribution in [0.25, 0.3) is 0 Å². The molecule has 68 valence electrons. The fourth-order valence-corrected chi connectivity index (χ4v) is 0.725. The molecule has 0 aliphatic rings. The molecule has 0 aliphatic carbocycles. The number of hydrogen-bond donors (Lipinski definition) is 2. The quantitative estimate of drug-likeness (QED) is 0.629. The van der Waals surface area contributed by atoms with Gasteiger partial charge in [0, 0.05) is 7.05 Å². The van der Waals surface area contributed by atoms with E-state index in [2.05, 4.69) is 19.2 Å². The van der Waals surface area contributed by atoms with Crippen molar-refractivity contribution in [2.24, 2.45) is 0 Å². The van der Waals surface area contributed by atoms with Crippen LogP contribution >= 0.6 is 0 Å². The van der Waals surface area contributed by atoms with Gasteiger partial charge in [0.1, 0.15) is 0 Å². The van der Waals surface area contributed by atoms with Gasteiger partial charge in [-0.15, -0.1) is 0 Å². The van der Waals surface area contributed by atoms with Crippen LogP contribution in [0.4, 0.5) is 11.4 Å². The van der Waals surface area contributed by atoms with Gasteiger partial charge in [-0.3, -0.25) is 0 Å². The average Bonchev–Trinajstić information content (AvgIpc) is 2.07. The summed E-state index contributed by atoms with van der Waals surface area (Å²) >= 11 is 0. The summed E-state index contributed by atoms with van der Waals surface area (Å²) in [6.07, 6.45) is 1.25. The summed E-state index contributed by atoms with van der Waals surface area (Å²) in [6.45, 7) is 4.25. The van der Waals surface area contributed by atoms with Crippen molar-refractivity contribution >= 4 is 11.4 Å². The van der Waals surface area contributed by atoms with E-state index in [1.165, 1.54) is 6.42 Å². The van der Waals surface area contributed by atoms with E-state index < -0.39 is 0 Å². The normalized spacial score (nSPS) is 8.25. The van der Waals surface area contributed by atoms with Crippen LogP contribution in [0.3, 0.4) is 0 Å². The fourth-order valence-electron chi connectivity index (χ4n) is 0.725. The Balaban J connectivity index is 0.000000354. The fraction of sp³-hybridized carbons (Fsp3) is 0.400. The number of anilines is 2. The summed E-state index contributed by atoms with van der Waals surface area (Å²) in [5.41, 5.74) is 7.34. The number of nitrogens with one attached hydrogen (secondary N) is 1. The van der Waals surface area contributed by atoms with E-state index in [1.54, 1.807) is 0 Å². The Hall–Kier alpha value is -1.18. The zero-order valence-corrected chi connectivity index (χ0v) is 8.09. The molecule has 0 heterocycles. The van der Waals surface area contributed by atoms with Gasteiger partial charge in [-0.05, 0) is 12.1 Å². The molecule has 1 rings (SSSR count). The summed E-state index contributed by atoms with van der Waals surface area (Å²) in [5.74, 6) is 0. The van der Waals surface area contributed by atoms with E-state index in [9.17, 15) is 0 Å². The molecule has 0 radical (unpaired) electrons. The maximum atomic E-state index is 5.57. The van der Waals surface area contributed by atoms with Crippen LogP contribution in [0.15, 0.2) is 24.3 Å². The van der Waals surface area contributed by atoms with Crippen LogP contribution in [0.2, 0.25) is 0 Å².